The molecular formula is C33H31NO2. The van der Waals surface area contributed by atoms with E-state index in [4.69, 9.17) is 9.47 Å². The second kappa shape index (κ2) is 6.73. The van der Waals surface area contributed by atoms with Gasteiger partial charge in [-0.2, -0.15) is 0 Å². The molecule has 0 radical (unpaired) electrons. The van der Waals surface area contributed by atoms with E-state index < -0.39 is 0 Å². The summed E-state index contributed by atoms with van der Waals surface area (Å²) in [6.45, 7) is 11.6. The van der Waals surface area contributed by atoms with Gasteiger partial charge in [0.05, 0.1) is 30.6 Å². The highest BCUT2D eigenvalue weighted by molar-refractivity contribution is 6.23. The zero-order valence-corrected chi connectivity index (χ0v) is 22.0. The molecule has 6 aromatic rings. The first kappa shape index (κ1) is 21.6. The molecule has 3 nitrogen and oxygen atoms in total. The summed E-state index contributed by atoms with van der Waals surface area (Å²) in [4.78, 5) is 0. The normalized spacial score (nSPS) is 14.8. The maximum Gasteiger partial charge on any atom is 0.128 e. The fourth-order valence-electron chi connectivity index (χ4n) is 6.55. The van der Waals surface area contributed by atoms with Crippen molar-refractivity contribution in [3.05, 3.63) is 77.5 Å². The molecule has 0 amide bonds. The van der Waals surface area contributed by atoms with Crippen LogP contribution in [0.5, 0.6) is 11.5 Å². The first-order valence-electron chi connectivity index (χ1n) is 12.7. The van der Waals surface area contributed by atoms with Crippen molar-refractivity contribution in [2.45, 2.75) is 45.4 Å². The summed E-state index contributed by atoms with van der Waals surface area (Å²) in [7, 11) is 3.51. The minimum Gasteiger partial charge on any atom is -0.497 e. The Hall–Kier alpha value is -3.72. The van der Waals surface area contributed by atoms with Crippen molar-refractivity contribution >= 4 is 38.0 Å². The largest absolute Gasteiger partial charge is 0.497 e. The van der Waals surface area contributed by atoms with Gasteiger partial charge in [-0.3, -0.25) is 0 Å². The van der Waals surface area contributed by atoms with Gasteiger partial charge in [0.2, 0.25) is 0 Å². The standard InChI is InChI=1S/C33H31NO2/c1-32(2,3)20-9-12-25-24(17-20)28-29-27(36-7)13-11-22-23-15-18-8-10-21(35-6)14-19(18)16-26(23)34(30(22)29)31(28)33(25,4)5/h8-17H,1-7H3. The summed E-state index contributed by atoms with van der Waals surface area (Å²) < 4.78 is 14.1. The Morgan fingerprint density at radius 3 is 2.31 bits per heavy atom. The number of aromatic nitrogens is 1. The van der Waals surface area contributed by atoms with E-state index in [9.17, 15) is 0 Å². The van der Waals surface area contributed by atoms with Crippen LogP contribution in [0.15, 0.2) is 60.7 Å². The van der Waals surface area contributed by atoms with Gasteiger partial charge in [0.25, 0.3) is 0 Å². The lowest BCUT2D eigenvalue weighted by molar-refractivity contribution is 0.415. The molecule has 0 saturated carbocycles. The highest BCUT2D eigenvalue weighted by atomic mass is 16.5. The van der Waals surface area contributed by atoms with Crippen molar-refractivity contribution in [3.63, 3.8) is 0 Å². The third-order valence-corrected chi connectivity index (χ3v) is 8.41. The van der Waals surface area contributed by atoms with Crippen LogP contribution in [-0.2, 0) is 10.8 Å². The molecule has 0 N–H and O–H groups in total. The van der Waals surface area contributed by atoms with Gasteiger partial charge in [0, 0.05) is 27.4 Å². The third kappa shape index (κ3) is 2.53. The molecule has 2 heterocycles. The first-order chi connectivity index (χ1) is 17.1. The van der Waals surface area contributed by atoms with Gasteiger partial charge in [-0.1, -0.05) is 58.9 Å². The third-order valence-electron chi connectivity index (χ3n) is 8.41. The van der Waals surface area contributed by atoms with Crippen LogP contribution in [0.1, 0.15) is 51.4 Å². The summed E-state index contributed by atoms with van der Waals surface area (Å²) in [5.74, 6) is 1.82. The Bertz CT molecular complexity index is 1860. The molecule has 1 aliphatic rings. The number of nitrogens with zero attached hydrogens (tertiary/aromatic N) is 1. The maximum atomic E-state index is 6.01. The number of fused-ring (bicyclic) bond motifs is 9. The van der Waals surface area contributed by atoms with Crippen molar-refractivity contribution in [2.75, 3.05) is 14.2 Å². The van der Waals surface area contributed by atoms with Crippen LogP contribution in [0.3, 0.4) is 0 Å². The first-order valence-corrected chi connectivity index (χ1v) is 12.7. The van der Waals surface area contributed by atoms with E-state index in [1.165, 1.54) is 65.9 Å². The lowest BCUT2D eigenvalue weighted by atomic mass is 9.81. The predicted octanol–water partition coefficient (Wildman–Crippen LogP) is 8.46. The van der Waals surface area contributed by atoms with E-state index >= 15 is 0 Å². The lowest BCUT2D eigenvalue weighted by Crippen LogP contribution is -2.18. The molecule has 0 saturated heterocycles. The molecule has 0 atom stereocenters. The summed E-state index contributed by atoms with van der Waals surface area (Å²) in [5.41, 5.74) is 9.19. The smallest absolute Gasteiger partial charge is 0.128 e. The molecule has 1 aliphatic carbocycles. The molecule has 0 aliphatic heterocycles. The van der Waals surface area contributed by atoms with Crippen LogP contribution >= 0.6 is 0 Å². The Morgan fingerprint density at radius 1 is 0.778 bits per heavy atom. The van der Waals surface area contributed by atoms with Crippen molar-refractivity contribution in [3.8, 4) is 22.6 Å². The van der Waals surface area contributed by atoms with Gasteiger partial charge >= 0.3 is 0 Å². The minimum absolute atomic E-state index is 0.0805. The number of hydrogen-bond donors (Lipinski definition) is 0. The number of ether oxygens (including phenoxy) is 2. The average molecular weight is 474 g/mol. The number of rotatable bonds is 2. The van der Waals surface area contributed by atoms with E-state index in [0.29, 0.717) is 0 Å². The van der Waals surface area contributed by atoms with Crippen LogP contribution in [0, 0.1) is 0 Å². The van der Waals surface area contributed by atoms with Gasteiger partial charge in [-0.25, -0.2) is 0 Å². The van der Waals surface area contributed by atoms with Gasteiger partial charge in [-0.05, 0) is 69.3 Å². The zero-order chi connectivity index (χ0) is 25.1. The number of benzene rings is 4. The van der Waals surface area contributed by atoms with Crippen LogP contribution in [0.2, 0.25) is 0 Å². The topological polar surface area (TPSA) is 22.9 Å². The zero-order valence-electron chi connectivity index (χ0n) is 22.0. The maximum absolute atomic E-state index is 6.01. The van der Waals surface area contributed by atoms with Gasteiger partial charge in [0.1, 0.15) is 11.5 Å². The van der Waals surface area contributed by atoms with Crippen molar-refractivity contribution in [1.82, 2.24) is 4.40 Å². The molecule has 0 unspecified atom stereocenters. The van der Waals surface area contributed by atoms with Crippen LogP contribution in [-0.4, -0.2) is 18.6 Å². The Kier molecular flexibility index (Phi) is 4.03. The molecule has 0 fully saturated rings. The summed E-state index contributed by atoms with van der Waals surface area (Å²) >= 11 is 0. The Labute approximate surface area is 211 Å². The van der Waals surface area contributed by atoms with E-state index in [0.717, 1.165) is 11.5 Å². The second-order valence-electron chi connectivity index (χ2n) is 11.8. The van der Waals surface area contributed by atoms with Crippen LogP contribution < -0.4 is 9.47 Å². The van der Waals surface area contributed by atoms with Gasteiger partial charge in [0.15, 0.2) is 0 Å². The van der Waals surface area contributed by atoms with E-state index in [-0.39, 0.29) is 10.8 Å². The van der Waals surface area contributed by atoms with Crippen LogP contribution in [0.25, 0.3) is 49.1 Å². The molecule has 7 rings (SSSR count). The molecule has 4 aromatic carbocycles. The average Bonchev–Trinajstić information content (AvgIpc) is 3.44. The molecule has 0 spiro atoms. The quantitative estimate of drug-likeness (QED) is 0.252. The molecular weight excluding hydrogens is 442 g/mol. The van der Waals surface area contributed by atoms with Crippen LogP contribution in [0.4, 0.5) is 0 Å². The minimum atomic E-state index is -0.146. The SMILES string of the molecule is COc1ccc2cc3c4ccc(OC)c5c6c(n(c3cc2c1)c54)C(C)(C)c1ccc(C(C)(C)C)cc1-6. The van der Waals surface area contributed by atoms with Crippen molar-refractivity contribution in [1.29, 1.82) is 0 Å². The summed E-state index contributed by atoms with van der Waals surface area (Å²) in [6, 6.07) is 22.5. The summed E-state index contributed by atoms with van der Waals surface area (Å²) in [6.07, 6.45) is 0. The Balaban J connectivity index is 1.70. The number of methoxy groups -OCH3 is 2. The van der Waals surface area contributed by atoms with E-state index in [1.54, 1.807) is 14.2 Å². The molecule has 0 bridgehead atoms. The highest BCUT2D eigenvalue weighted by Gasteiger charge is 2.42. The number of hydrogen-bond acceptors (Lipinski definition) is 2. The monoisotopic (exact) mass is 473 g/mol. The van der Waals surface area contributed by atoms with Gasteiger partial charge < -0.3 is 13.9 Å². The van der Waals surface area contributed by atoms with E-state index in [2.05, 4.69) is 93.6 Å². The van der Waals surface area contributed by atoms with Crippen molar-refractivity contribution < 1.29 is 9.47 Å². The fourth-order valence-corrected chi connectivity index (χ4v) is 6.55. The fraction of sp³-hybridized carbons (Fsp3) is 0.273. The highest BCUT2D eigenvalue weighted by Crippen LogP contribution is 2.57. The summed E-state index contributed by atoms with van der Waals surface area (Å²) in [5, 5.41) is 6.18. The van der Waals surface area contributed by atoms with Gasteiger partial charge in [-0.15, -0.1) is 0 Å². The molecule has 2 aromatic heterocycles. The van der Waals surface area contributed by atoms with Crippen molar-refractivity contribution in [2.24, 2.45) is 0 Å². The lowest BCUT2D eigenvalue weighted by Gasteiger charge is -2.24. The molecule has 180 valence electrons. The second-order valence-corrected chi connectivity index (χ2v) is 11.8. The molecule has 3 heteroatoms. The Morgan fingerprint density at radius 2 is 1.58 bits per heavy atom. The molecule has 36 heavy (non-hydrogen) atoms. The predicted molar refractivity (Wildman–Crippen MR) is 150 cm³/mol. The van der Waals surface area contributed by atoms with E-state index in [1.807, 2.05) is 6.07 Å².